The van der Waals surface area contributed by atoms with Gasteiger partial charge in [0.25, 0.3) is 0 Å². The molecule has 0 radical (unpaired) electrons. The molecular formula is C15H16ClFN2O. The van der Waals surface area contributed by atoms with E-state index in [1.165, 1.54) is 30.0 Å². The van der Waals surface area contributed by atoms with Crippen molar-refractivity contribution in [1.82, 2.24) is 9.78 Å². The number of halogens is 2. The molecule has 106 valence electrons. The van der Waals surface area contributed by atoms with Gasteiger partial charge in [-0.05, 0) is 37.8 Å². The molecule has 0 N–H and O–H groups in total. The normalized spacial score (nSPS) is 16.3. The van der Waals surface area contributed by atoms with E-state index in [2.05, 4.69) is 5.10 Å². The average Bonchev–Trinajstić information content (AvgIpc) is 2.82. The van der Waals surface area contributed by atoms with Crippen molar-refractivity contribution in [3.8, 4) is 11.4 Å². The zero-order valence-electron chi connectivity index (χ0n) is 11.1. The first-order valence-electron chi connectivity index (χ1n) is 6.91. The second-order valence-electron chi connectivity index (χ2n) is 5.04. The summed E-state index contributed by atoms with van der Waals surface area (Å²) in [6.45, 7) is 0. The molecule has 1 aromatic heterocycles. The summed E-state index contributed by atoms with van der Waals surface area (Å²) in [6.07, 6.45) is 7.47. The number of ether oxygens (including phenoxy) is 1. The number of benzene rings is 1. The van der Waals surface area contributed by atoms with Gasteiger partial charge in [0, 0.05) is 0 Å². The van der Waals surface area contributed by atoms with E-state index in [-0.39, 0.29) is 11.9 Å². The third kappa shape index (κ3) is 2.66. The van der Waals surface area contributed by atoms with Gasteiger partial charge in [-0.3, -0.25) is 0 Å². The summed E-state index contributed by atoms with van der Waals surface area (Å²) < 4.78 is 21.0. The first-order chi connectivity index (χ1) is 9.75. The van der Waals surface area contributed by atoms with Crippen LogP contribution in [0.3, 0.4) is 0 Å². The average molecular weight is 295 g/mol. The Balaban J connectivity index is 1.83. The van der Waals surface area contributed by atoms with E-state index in [1.54, 1.807) is 24.4 Å². The molecule has 0 spiro atoms. The molecule has 2 aromatic rings. The molecule has 1 heterocycles. The number of aromatic nitrogens is 2. The first kappa shape index (κ1) is 13.4. The highest BCUT2D eigenvalue weighted by Gasteiger charge is 2.19. The number of rotatable bonds is 3. The third-order valence-corrected chi connectivity index (χ3v) is 3.95. The monoisotopic (exact) mass is 294 g/mol. The molecule has 20 heavy (non-hydrogen) atoms. The Morgan fingerprint density at radius 3 is 2.70 bits per heavy atom. The van der Waals surface area contributed by atoms with Crippen LogP contribution in [-0.2, 0) is 0 Å². The van der Waals surface area contributed by atoms with E-state index >= 15 is 0 Å². The summed E-state index contributed by atoms with van der Waals surface area (Å²) in [7, 11) is 0. The predicted molar refractivity (Wildman–Crippen MR) is 76.0 cm³/mol. The Bertz CT molecular complexity index is 593. The second kappa shape index (κ2) is 5.83. The van der Waals surface area contributed by atoms with Gasteiger partial charge in [0.15, 0.2) is 10.9 Å². The molecule has 1 aliphatic carbocycles. The SMILES string of the molecule is Fc1ccccc1-n1ncc(OC2CCCCC2)c1Cl. The highest BCUT2D eigenvalue weighted by atomic mass is 35.5. The van der Waals surface area contributed by atoms with Crippen LogP contribution in [0, 0.1) is 5.82 Å². The topological polar surface area (TPSA) is 27.1 Å². The molecule has 3 nitrogen and oxygen atoms in total. The summed E-state index contributed by atoms with van der Waals surface area (Å²) in [4.78, 5) is 0. The van der Waals surface area contributed by atoms with E-state index in [1.807, 2.05) is 0 Å². The highest BCUT2D eigenvalue weighted by Crippen LogP contribution is 2.31. The summed E-state index contributed by atoms with van der Waals surface area (Å²) in [5.41, 5.74) is 0.330. The van der Waals surface area contributed by atoms with E-state index in [4.69, 9.17) is 16.3 Å². The lowest BCUT2D eigenvalue weighted by Gasteiger charge is -2.22. The van der Waals surface area contributed by atoms with E-state index in [0.717, 1.165) is 12.8 Å². The lowest BCUT2D eigenvalue weighted by atomic mass is 9.98. The zero-order valence-corrected chi connectivity index (χ0v) is 11.8. The van der Waals surface area contributed by atoms with Crippen molar-refractivity contribution in [2.75, 3.05) is 0 Å². The van der Waals surface area contributed by atoms with Crippen molar-refractivity contribution in [1.29, 1.82) is 0 Å². The van der Waals surface area contributed by atoms with Crippen molar-refractivity contribution in [3.05, 3.63) is 41.4 Å². The fraction of sp³-hybridized carbons (Fsp3) is 0.400. The molecule has 0 amide bonds. The van der Waals surface area contributed by atoms with Crippen LogP contribution in [0.15, 0.2) is 30.5 Å². The van der Waals surface area contributed by atoms with Crippen LogP contribution >= 0.6 is 11.6 Å². The Hall–Kier alpha value is -1.55. The van der Waals surface area contributed by atoms with Crippen molar-refractivity contribution >= 4 is 11.6 Å². The summed E-state index contributed by atoms with van der Waals surface area (Å²) in [5, 5.41) is 4.45. The molecule has 1 fully saturated rings. The largest absolute Gasteiger partial charge is 0.485 e. The van der Waals surface area contributed by atoms with Crippen molar-refractivity contribution in [2.45, 2.75) is 38.2 Å². The second-order valence-corrected chi connectivity index (χ2v) is 5.40. The molecule has 1 aromatic carbocycles. The molecular weight excluding hydrogens is 279 g/mol. The molecule has 5 heteroatoms. The van der Waals surface area contributed by atoms with Crippen molar-refractivity contribution in [3.63, 3.8) is 0 Å². The van der Waals surface area contributed by atoms with E-state index in [9.17, 15) is 4.39 Å². The number of para-hydroxylation sites is 1. The maximum atomic E-state index is 13.8. The summed E-state index contributed by atoms with van der Waals surface area (Å²) in [5.74, 6) is 0.170. The van der Waals surface area contributed by atoms with Gasteiger partial charge in [0.1, 0.15) is 11.5 Å². The smallest absolute Gasteiger partial charge is 0.177 e. The maximum Gasteiger partial charge on any atom is 0.177 e. The van der Waals surface area contributed by atoms with Gasteiger partial charge in [-0.15, -0.1) is 0 Å². The standard InChI is InChI=1S/C15H16ClFN2O/c16-15-14(20-11-6-2-1-3-7-11)10-18-19(15)13-9-5-4-8-12(13)17/h4-5,8-11H,1-3,6-7H2. The Morgan fingerprint density at radius 2 is 1.95 bits per heavy atom. The Kier molecular flexibility index (Phi) is 3.92. The number of hydrogen-bond donors (Lipinski definition) is 0. The Labute approximate surface area is 122 Å². The molecule has 0 aliphatic heterocycles. The van der Waals surface area contributed by atoms with Crippen LogP contribution in [0.5, 0.6) is 5.75 Å². The van der Waals surface area contributed by atoms with Gasteiger partial charge in [-0.2, -0.15) is 5.10 Å². The molecule has 0 unspecified atom stereocenters. The van der Waals surface area contributed by atoms with E-state index in [0.29, 0.717) is 16.6 Å². The minimum absolute atomic E-state index is 0.194. The minimum atomic E-state index is -0.360. The molecule has 0 bridgehead atoms. The van der Waals surface area contributed by atoms with Crippen LogP contribution in [0.4, 0.5) is 4.39 Å². The molecule has 0 saturated heterocycles. The zero-order chi connectivity index (χ0) is 13.9. The van der Waals surface area contributed by atoms with Gasteiger partial charge >= 0.3 is 0 Å². The van der Waals surface area contributed by atoms with Crippen LogP contribution < -0.4 is 4.74 Å². The fourth-order valence-electron chi connectivity index (χ4n) is 2.55. The summed E-state index contributed by atoms with van der Waals surface area (Å²) >= 11 is 6.26. The van der Waals surface area contributed by atoms with Crippen LogP contribution in [-0.4, -0.2) is 15.9 Å². The van der Waals surface area contributed by atoms with Crippen molar-refractivity contribution in [2.24, 2.45) is 0 Å². The third-order valence-electron chi connectivity index (χ3n) is 3.61. The van der Waals surface area contributed by atoms with Gasteiger partial charge < -0.3 is 4.74 Å². The molecule has 3 rings (SSSR count). The number of nitrogens with zero attached hydrogens (tertiary/aromatic N) is 2. The van der Waals surface area contributed by atoms with Crippen LogP contribution in [0.1, 0.15) is 32.1 Å². The predicted octanol–water partition coefficient (Wildman–Crippen LogP) is 4.38. The van der Waals surface area contributed by atoms with Crippen LogP contribution in [0.25, 0.3) is 5.69 Å². The lowest BCUT2D eigenvalue weighted by molar-refractivity contribution is 0.155. The van der Waals surface area contributed by atoms with Gasteiger partial charge in [0.2, 0.25) is 0 Å². The molecule has 1 saturated carbocycles. The van der Waals surface area contributed by atoms with Crippen molar-refractivity contribution < 1.29 is 9.13 Å². The van der Waals surface area contributed by atoms with Gasteiger partial charge in [0.05, 0.1) is 12.3 Å². The maximum absolute atomic E-state index is 13.8. The molecule has 0 atom stereocenters. The lowest BCUT2D eigenvalue weighted by Crippen LogP contribution is -2.19. The van der Waals surface area contributed by atoms with E-state index < -0.39 is 0 Å². The van der Waals surface area contributed by atoms with Crippen LogP contribution in [0.2, 0.25) is 5.15 Å². The highest BCUT2D eigenvalue weighted by molar-refractivity contribution is 6.31. The quantitative estimate of drug-likeness (QED) is 0.840. The van der Waals surface area contributed by atoms with Gasteiger partial charge in [-0.25, -0.2) is 9.07 Å². The fourth-order valence-corrected chi connectivity index (χ4v) is 2.78. The number of hydrogen-bond acceptors (Lipinski definition) is 2. The summed E-state index contributed by atoms with van der Waals surface area (Å²) in [6, 6.07) is 6.40. The first-order valence-corrected chi connectivity index (χ1v) is 7.28. The molecule has 1 aliphatic rings. The van der Waals surface area contributed by atoms with Gasteiger partial charge in [-0.1, -0.05) is 30.2 Å². The minimum Gasteiger partial charge on any atom is -0.485 e. The Morgan fingerprint density at radius 1 is 1.20 bits per heavy atom.